The molecule has 346 valence electrons. The number of carboxylic acid groups (broad SMARTS) is 1. The maximum absolute atomic E-state index is 14.5. The van der Waals surface area contributed by atoms with E-state index in [0.29, 0.717) is 58.0 Å². The third kappa shape index (κ3) is 19.5. The summed E-state index contributed by atoms with van der Waals surface area (Å²) in [7, 11) is 0. The van der Waals surface area contributed by atoms with Gasteiger partial charge in [0.05, 0.1) is 31.4 Å². The first kappa shape index (κ1) is 56.6. The number of ether oxygens (including phenoxy) is 3. The average Bonchev–Trinajstić information content (AvgIpc) is 3.23. The van der Waals surface area contributed by atoms with Crippen LogP contribution in [-0.2, 0) is 35.6 Å². The van der Waals surface area contributed by atoms with Gasteiger partial charge in [0.1, 0.15) is 12.2 Å². The Morgan fingerprint density at radius 2 is 1.08 bits per heavy atom. The average molecular weight is 889 g/mol. The van der Waals surface area contributed by atoms with Crippen LogP contribution in [0.25, 0.3) is 0 Å². The maximum atomic E-state index is 14.5. The monoisotopic (exact) mass is 888 g/mol. The van der Waals surface area contributed by atoms with Crippen LogP contribution in [0.2, 0.25) is 0 Å². The second-order valence-corrected chi connectivity index (χ2v) is 15.2. The maximum Gasteiger partial charge on any atom is 1.00 e. The molecule has 13 nitrogen and oxygen atoms in total. The van der Waals surface area contributed by atoms with Crippen molar-refractivity contribution in [1.29, 1.82) is 0 Å². The Kier molecular flexibility index (Phi) is 26.2. The molecule has 2 unspecified atom stereocenters. The van der Waals surface area contributed by atoms with Crippen molar-refractivity contribution >= 4 is 24.1 Å². The van der Waals surface area contributed by atoms with Gasteiger partial charge in [0.15, 0.2) is 0 Å². The van der Waals surface area contributed by atoms with Gasteiger partial charge in [0.2, 0.25) is 0 Å². The minimum atomic E-state index is -3.44. The summed E-state index contributed by atoms with van der Waals surface area (Å²) < 4.78 is 73.0. The van der Waals surface area contributed by atoms with E-state index in [0.717, 1.165) is 37.8 Å². The molecular formula is C45H61F4LiN2O11. The minimum Gasteiger partial charge on any atom is -0.870 e. The molecule has 2 amide bonds. The van der Waals surface area contributed by atoms with Crippen LogP contribution in [0.15, 0.2) is 85.0 Å². The molecule has 2 fully saturated rings. The van der Waals surface area contributed by atoms with Gasteiger partial charge in [-0.1, -0.05) is 111 Å². The molecule has 2 aliphatic heterocycles. The fraction of sp³-hybridized carbons (Fsp3) is 0.556. The molecule has 0 aliphatic carbocycles. The van der Waals surface area contributed by atoms with Gasteiger partial charge in [-0.15, -0.1) is 0 Å². The fourth-order valence-corrected chi connectivity index (χ4v) is 6.71. The number of cyclic esters (lactones) is 2. The van der Waals surface area contributed by atoms with Crippen molar-refractivity contribution in [1.82, 2.24) is 9.80 Å². The number of benzene rings is 2. The molecule has 2 aliphatic rings. The summed E-state index contributed by atoms with van der Waals surface area (Å²) in [5.41, 5.74) is -0.548. The molecule has 4 N–H and O–H groups in total. The molecule has 63 heavy (non-hydrogen) atoms. The standard InChI is InChI=1S/C24H33F2NO5.C21H27F2NO5.Li.H2O/c1-18(2)32-22(29)12-8-3-4-9-16-27-20(15-17-31-23(27)30)13-14-21(28)24(25,26)19-10-6-5-7-11-19;22-21(23,16-8-4-3-5-9-16)18(25)12-11-17-13-15-29-20(28)24(17)14-7-2-1-6-10-19(26)27;;/h5-7,10-11,13-14,18,20-21,28H,3-4,8-9,12,15-17H2,1-2H3;3-5,8-9,11-12,17-18,25H,1-2,6-7,10,13-15H2,(H,26,27);;1H2/q;;+1;/p-1/b14-13+;12-11+;;/t20-,21?;17-,18?;;/m00../s1. The zero-order valence-corrected chi connectivity index (χ0v) is 36.3. The number of halogens is 4. The van der Waals surface area contributed by atoms with E-state index >= 15 is 0 Å². The van der Waals surface area contributed by atoms with E-state index in [1.54, 1.807) is 12.1 Å². The third-order valence-electron chi connectivity index (χ3n) is 10.1. The van der Waals surface area contributed by atoms with Gasteiger partial charge in [0, 0.05) is 49.9 Å². The van der Waals surface area contributed by atoms with Crippen LogP contribution in [0.4, 0.5) is 27.2 Å². The van der Waals surface area contributed by atoms with Crippen LogP contribution in [0.1, 0.15) is 102 Å². The van der Waals surface area contributed by atoms with Gasteiger partial charge in [-0.05, 0) is 39.5 Å². The Balaban J connectivity index is 0.000000613. The number of unbranched alkanes of at least 4 members (excludes halogenated alkanes) is 6. The normalized spacial score (nSPS) is 17.8. The van der Waals surface area contributed by atoms with E-state index in [4.69, 9.17) is 19.3 Å². The number of carbonyl (C=O) groups excluding carboxylic acids is 3. The Morgan fingerprint density at radius 1 is 0.698 bits per heavy atom. The van der Waals surface area contributed by atoms with Crippen molar-refractivity contribution in [3.63, 3.8) is 0 Å². The molecule has 18 heteroatoms. The number of alkyl halides is 4. The predicted octanol–water partition coefficient (Wildman–Crippen LogP) is 5.58. The fourth-order valence-electron chi connectivity index (χ4n) is 6.71. The number of aliphatic carboxylic acids is 1. The zero-order valence-electron chi connectivity index (χ0n) is 36.3. The third-order valence-corrected chi connectivity index (χ3v) is 10.1. The zero-order chi connectivity index (χ0) is 44.8. The van der Waals surface area contributed by atoms with Crippen LogP contribution in [0, 0.1) is 0 Å². The molecule has 0 radical (unpaired) electrons. The minimum absolute atomic E-state index is 0. The molecular weight excluding hydrogens is 827 g/mol. The summed E-state index contributed by atoms with van der Waals surface area (Å²) in [4.78, 5) is 49.2. The number of carbonyl (C=O) groups is 4. The number of aliphatic hydroxyl groups excluding tert-OH is 2. The van der Waals surface area contributed by atoms with Gasteiger partial charge in [-0.3, -0.25) is 9.59 Å². The van der Waals surface area contributed by atoms with Gasteiger partial charge in [-0.25, -0.2) is 9.59 Å². The van der Waals surface area contributed by atoms with Crippen molar-refractivity contribution in [3.05, 3.63) is 96.1 Å². The first-order valence-corrected chi connectivity index (χ1v) is 20.9. The molecule has 4 rings (SSSR count). The number of aliphatic hydroxyl groups is 2. The van der Waals surface area contributed by atoms with E-state index in [1.165, 1.54) is 70.5 Å². The molecule has 2 aromatic carbocycles. The Labute approximate surface area is 378 Å². The summed E-state index contributed by atoms with van der Waals surface area (Å²) >= 11 is 0. The topological polar surface area (TPSA) is 193 Å². The molecule has 0 bridgehead atoms. The summed E-state index contributed by atoms with van der Waals surface area (Å²) in [5, 5.41) is 28.7. The van der Waals surface area contributed by atoms with Gasteiger partial charge in [0.25, 0.3) is 0 Å². The first-order valence-electron chi connectivity index (χ1n) is 20.9. The molecule has 2 saturated heterocycles. The van der Waals surface area contributed by atoms with Crippen molar-refractivity contribution in [2.75, 3.05) is 26.3 Å². The molecule has 2 heterocycles. The number of rotatable bonds is 23. The summed E-state index contributed by atoms with van der Waals surface area (Å²) in [6, 6.07) is 13.4. The Bertz CT molecular complexity index is 1710. The van der Waals surface area contributed by atoms with E-state index < -0.39 is 54.3 Å². The Morgan fingerprint density at radius 3 is 1.46 bits per heavy atom. The van der Waals surface area contributed by atoms with E-state index in [9.17, 15) is 47.0 Å². The van der Waals surface area contributed by atoms with Gasteiger partial charge >= 0.3 is 54.8 Å². The van der Waals surface area contributed by atoms with Crippen LogP contribution in [0.5, 0.6) is 0 Å². The van der Waals surface area contributed by atoms with Gasteiger partial charge in [-0.2, -0.15) is 17.6 Å². The smallest absolute Gasteiger partial charge is 0.870 e. The molecule has 4 atom stereocenters. The van der Waals surface area contributed by atoms with Crippen LogP contribution >= 0.6 is 0 Å². The molecule has 2 aromatic rings. The summed E-state index contributed by atoms with van der Waals surface area (Å²) in [5.74, 6) is -7.92. The van der Waals surface area contributed by atoms with E-state index in [1.807, 2.05) is 13.8 Å². The number of hydrogen-bond acceptors (Lipinski definition) is 10. The number of nitrogens with zero attached hydrogens (tertiary/aromatic N) is 2. The van der Waals surface area contributed by atoms with Crippen molar-refractivity contribution in [2.45, 2.75) is 133 Å². The summed E-state index contributed by atoms with van der Waals surface area (Å²) in [6.07, 6.45) is 6.99. The van der Waals surface area contributed by atoms with Crippen molar-refractivity contribution in [2.24, 2.45) is 0 Å². The van der Waals surface area contributed by atoms with Crippen LogP contribution in [0.3, 0.4) is 0 Å². The Hall–Kier alpha value is -4.40. The number of hydrogen-bond donors (Lipinski definition) is 3. The second-order valence-electron chi connectivity index (χ2n) is 15.2. The molecule has 0 aromatic heterocycles. The molecule has 0 saturated carbocycles. The van der Waals surface area contributed by atoms with E-state index in [-0.39, 0.29) is 67.2 Å². The largest absolute Gasteiger partial charge is 1.00 e. The van der Waals surface area contributed by atoms with Crippen LogP contribution < -0.4 is 18.9 Å². The van der Waals surface area contributed by atoms with Gasteiger partial charge < -0.3 is 44.8 Å². The SMILES string of the molecule is CC(C)OC(=O)CCCCCCN1C(=O)OCC[C@@H]1/C=C/C(O)C(F)(F)c1ccccc1.O=C(O)CCCCCCN1C(=O)OCC[C@@H]1/C=C/C(O)C(F)(F)c1ccccc1.[Li+].[OH-]. The predicted molar refractivity (Wildman–Crippen MR) is 221 cm³/mol. The number of esters is 1. The van der Waals surface area contributed by atoms with Crippen molar-refractivity contribution in [3.8, 4) is 0 Å². The van der Waals surface area contributed by atoms with Crippen molar-refractivity contribution < 1.29 is 90.6 Å². The quantitative estimate of drug-likeness (QED) is 0.0315. The molecule has 0 spiro atoms. The first-order chi connectivity index (χ1) is 29.0. The number of amides is 2. The van der Waals surface area contributed by atoms with E-state index in [2.05, 4.69) is 0 Å². The second kappa shape index (κ2) is 29.1. The number of carboxylic acids is 1. The summed E-state index contributed by atoms with van der Waals surface area (Å²) in [6.45, 7) is 4.80. The van der Waals surface area contributed by atoms with Crippen LogP contribution in [-0.4, -0.2) is 111 Å².